The lowest BCUT2D eigenvalue weighted by Gasteiger charge is -2.11. The van der Waals surface area contributed by atoms with Crippen LogP contribution in [0, 0.1) is 6.92 Å². The van der Waals surface area contributed by atoms with E-state index in [9.17, 15) is 18.0 Å². The van der Waals surface area contributed by atoms with Crippen LogP contribution < -0.4 is 5.32 Å². The number of aryl methyl sites for hydroxylation is 2. The van der Waals surface area contributed by atoms with Crippen molar-refractivity contribution in [1.29, 1.82) is 0 Å². The Morgan fingerprint density at radius 3 is 2.68 bits per heavy atom. The number of benzene rings is 1. The van der Waals surface area contributed by atoms with Gasteiger partial charge in [-0.05, 0) is 55.8 Å². The van der Waals surface area contributed by atoms with Crippen molar-refractivity contribution in [2.24, 2.45) is 0 Å². The van der Waals surface area contributed by atoms with Crippen LogP contribution in [-0.4, -0.2) is 27.5 Å². The fourth-order valence-corrected chi connectivity index (χ4v) is 2.95. The summed E-state index contributed by atoms with van der Waals surface area (Å²) in [6.07, 6.45) is -2.81. The van der Waals surface area contributed by atoms with E-state index in [0.717, 1.165) is 29.1 Å². The van der Waals surface area contributed by atoms with Crippen molar-refractivity contribution in [3.05, 3.63) is 65.6 Å². The molecule has 0 atom stereocenters. The van der Waals surface area contributed by atoms with Crippen LogP contribution in [0.5, 0.6) is 0 Å². The van der Waals surface area contributed by atoms with E-state index < -0.39 is 11.9 Å². The van der Waals surface area contributed by atoms with Crippen LogP contribution in [0.1, 0.15) is 30.3 Å². The molecule has 0 aliphatic rings. The molecule has 3 rings (SSSR count). The maximum absolute atomic E-state index is 12.9. The molecule has 0 unspecified atom stereocenters. The zero-order chi connectivity index (χ0) is 22.4. The van der Waals surface area contributed by atoms with E-state index in [4.69, 9.17) is 4.74 Å². The third kappa shape index (κ3) is 6.24. The molecule has 0 saturated carbocycles. The van der Waals surface area contributed by atoms with Crippen LogP contribution in [0.4, 0.5) is 24.8 Å². The minimum absolute atomic E-state index is 0.150. The first-order valence-electron chi connectivity index (χ1n) is 9.65. The number of rotatable bonds is 7. The van der Waals surface area contributed by atoms with Gasteiger partial charge in [0.05, 0.1) is 18.7 Å². The Hall–Kier alpha value is -3.49. The number of halogens is 3. The molecule has 1 N–H and O–H groups in total. The van der Waals surface area contributed by atoms with Crippen LogP contribution in [-0.2, 0) is 22.1 Å². The summed E-state index contributed by atoms with van der Waals surface area (Å²) in [4.78, 5) is 23.6. The van der Waals surface area contributed by atoms with Crippen LogP contribution in [0.2, 0.25) is 0 Å². The lowest BCUT2D eigenvalue weighted by Crippen LogP contribution is -2.10. The van der Waals surface area contributed by atoms with Gasteiger partial charge in [0.2, 0.25) is 5.95 Å². The van der Waals surface area contributed by atoms with Crippen LogP contribution in [0.3, 0.4) is 0 Å². The molecule has 6 nitrogen and oxygen atoms in total. The highest BCUT2D eigenvalue weighted by molar-refractivity contribution is 5.70. The van der Waals surface area contributed by atoms with E-state index in [1.54, 1.807) is 19.1 Å². The summed E-state index contributed by atoms with van der Waals surface area (Å²) in [6.45, 7) is 3.96. The maximum atomic E-state index is 12.9. The molecule has 0 bridgehead atoms. The van der Waals surface area contributed by atoms with Gasteiger partial charge in [0.15, 0.2) is 0 Å². The summed E-state index contributed by atoms with van der Waals surface area (Å²) in [5, 5.41) is 2.82. The monoisotopic (exact) mass is 430 g/mol. The highest BCUT2D eigenvalue weighted by atomic mass is 19.4. The van der Waals surface area contributed by atoms with Crippen molar-refractivity contribution in [2.45, 2.75) is 32.9 Å². The quantitative estimate of drug-likeness (QED) is 0.525. The summed E-state index contributed by atoms with van der Waals surface area (Å²) in [6, 6.07) is 11.8. The van der Waals surface area contributed by atoms with Gasteiger partial charge in [0, 0.05) is 29.6 Å². The molecule has 0 radical (unpaired) electrons. The normalized spacial score (nSPS) is 11.3. The molecule has 9 heteroatoms. The van der Waals surface area contributed by atoms with Gasteiger partial charge in [-0.15, -0.1) is 0 Å². The SMILES string of the molecule is CCOC(=O)CCc1cccc(-c2cc(C)cc(Nc3nccc(C(F)(F)F)n3)c2)n1. The number of nitrogens with one attached hydrogen (secondary N) is 1. The number of hydrogen-bond donors (Lipinski definition) is 1. The molecule has 0 aliphatic heterocycles. The molecule has 0 fully saturated rings. The second-order valence-corrected chi connectivity index (χ2v) is 6.80. The molecule has 0 amide bonds. The molecule has 0 spiro atoms. The van der Waals surface area contributed by atoms with Crippen molar-refractivity contribution in [3.8, 4) is 11.3 Å². The fraction of sp³-hybridized carbons (Fsp3) is 0.273. The molecule has 2 heterocycles. The molecule has 31 heavy (non-hydrogen) atoms. The number of nitrogens with zero attached hydrogens (tertiary/aromatic N) is 3. The number of alkyl halides is 3. The zero-order valence-electron chi connectivity index (χ0n) is 17.0. The van der Waals surface area contributed by atoms with E-state index in [0.29, 0.717) is 24.4 Å². The van der Waals surface area contributed by atoms with Crippen molar-refractivity contribution in [2.75, 3.05) is 11.9 Å². The first-order chi connectivity index (χ1) is 14.7. The Bertz CT molecular complexity index is 1070. The van der Waals surface area contributed by atoms with Gasteiger partial charge in [-0.3, -0.25) is 9.78 Å². The first-order valence-corrected chi connectivity index (χ1v) is 9.65. The van der Waals surface area contributed by atoms with Crippen LogP contribution in [0.25, 0.3) is 11.3 Å². The van der Waals surface area contributed by atoms with Crippen molar-refractivity contribution >= 4 is 17.6 Å². The van der Waals surface area contributed by atoms with Crippen molar-refractivity contribution in [1.82, 2.24) is 15.0 Å². The average molecular weight is 430 g/mol. The number of esters is 1. The molecule has 0 aliphatic carbocycles. The van der Waals surface area contributed by atoms with Crippen LogP contribution >= 0.6 is 0 Å². The van der Waals surface area contributed by atoms with E-state index in [2.05, 4.69) is 20.3 Å². The smallest absolute Gasteiger partial charge is 0.433 e. The Kier molecular flexibility index (Phi) is 6.84. The number of hydrogen-bond acceptors (Lipinski definition) is 6. The third-order valence-corrected chi connectivity index (χ3v) is 4.27. The average Bonchev–Trinajstić information content (AvgIpc) is 2.72. The molecular formula is C22H21F3N4O2. The predicted octanol–water partition coefficient (Wildman–Crippen LogP) is 5.11. The number of anilines is 2. The van der Waals surface area contributed by atoms with E-state index >= 15 is 0 Å². The van der Waals surface area contributed by atoms with E-state index in [1.165, 1.54) is 0 Å². The summed E-state index contributed by atoms with van der Waals surface area (Å²) in [7, 11) is 0. The molecule has 162 valence electrons. The minimum Gasteiger partial charge on any atom is -0.466 e. The lowest BCUT2D eigenvalue weighted by atomic mass is 10.1. The fourth-order valence-electron chi connectivity index (χ4n) is 2.95. The van der Waals surface area contributed by atoms with Crippen LogP contribution in [0.15, 0.2) is 48.7 Å². The molecule has 0 saturated heterocycles. The molecular weight excluding hydrogens is 409 g/mol. The summed E-state index contributed by atoms with van der Waals surface area (Å²) < 4.78 is 43.6. The Labute approximate surface area is 177 Å². The summed E-state index contributed by atoms with van der Waals surface area (Å²) >= 11 is 0. The number of carbonyl (C=O) groups excluding carboxylic acids is 1. The molecule has 2 aromatic heterocycles. The second-order valence-electron chi connectivity index (χ2n) is 6.80. The minimum atomic E-state index is -4.55. The van der Waals surface area contributed by atoms with Crippen molar-refractivity contribution < 1.29 is 22.7 Å². The largest absolute Gasteiger partial charge is 0.466 e. The predicted molar refractivity (Wildman–Crippen MR) is 110 cm³/mol. The Balaban J connectivity index is 1.82. The van der Waals surface area contributed by atoms with Gasteiger partial charge in [0.25, 0.3) is 0 Å². The summed E-state index contributed by atoms with van der Waals surface area (Å²) in [5.74, 6) is -0.430. The lowest BCUT2D eigenvalue weighted by molar-refractivity contribution is -0.143. The summed E-state index contributed by atoms with van der Waals surface area (Å²) in [5.41, 5.74) is 2.58. The van der Waals surface area contributed by atoms with Gasteiger partial charge in [-0.1, -0.05) is 6.07 Å². The number of ether oxygens (including phenoxy) is 1. The van der Waals surface area contributed by atoms with E-state index in [-0.39, 0.29) is 18.3 Å². The highest BCUT2D eigenvalue weighted by Crippen LogP contribution is 2.29. The third-order valence-electron chi connectivity index (χ3n) is 4.27. The Morgan fingerprint density at radius 1 is 1.13 bits per heavy atom. The zero-order valence-corrected chi connectivity index (χ0v) is 17.0. The van der Waals surface area contributed by atoms with Gasteiger partial charge in [0.1, 0.15) is 5.69 Å². The first kappa shape index (κ1) is 22.2. The maximum Gasteiger partial charge on any atom is 0.433 e. The number of carbonyl (C=O) groups is 1. The second kappa shape index (κ2) is 9.55. The van der Waals surface area contributed by atoms with E-state index in [1.807, 2.05) is 31.2 Å². The van der Waals surface area contributed by atoms with Gasteiger partial charge in [-0.25, -0.2) is 9.97 Å². The molecule has 1 aromatic carbocycles. The van der Waals surface area contributed by atoms with Crippen molar-refractivity contribution in [3.63, 3.8) is 0 Å². The van der Waals surface area contributed by atoms with Gasteiger partial charge >= 0.3 is 12.1 Å². The van der Waals surface area contributed by atoms with Gasteiger partial charge < -0.3 is 10.1 Å². The van der Waals surface area contributed by atoms with Gasteiger partial charge in [-0.2, -0.15) is 13.2 Å². The highest BCUT2D eigenvalue weighted by Gasteiger charge is 2.32. The number of aromatic nitrogens is 3. The Morgan fingerprint density at radius 2 is 1.94 bits per heavy atom. The number of pyridine rings is 1. The standard InChI is InChI=1S/C22H21F3N4O2/c1-3-31-20(30)8-7-16-5-4-6-18(27-16)15-11-14(2)12-17(13-15)28-21-26-10-9-19(29-21)22(23,24)25/h4-6,9-13H,3,7-8H2,1-2H3,(H,26,28,29). The molecule has 3 aromatic rings. The topological polar surface area (TPSA) is 77.0 Å².